The van der Waals surface area contributed by atoms with Crippen LogP contribution < -0.4 is 10.6 Å². The smallest absolute Gasteiger partial charge is 0.317 e. The van der Waals surface area contributed by atoms with E-state index in [1.165, 1.54) is 4.90 Å². The Bertz CT molecular complexity index is 441. The highest BCUT2D eigenvalue weighted by atomic mass is 16.2. The Kier molecular flexibility index (Phi) is 5.35. The topological polar surface area (TPSA) is 79.3 Å². The van der Waals surface area contributed by atoms with Gasteiger partial charge < -0.3 is 15.5 Å². The molecule has 0 bridgehead atoms. The van der Waals surface area contributed by atoms with E-state index in [1.807, 2.05) is 20.0 Å². The summed E-state index contributed by atoms with van der Waals surface area (Å²) in [4.78, 5) is 24.5. The van der Waals surface area contributed by atoms with Crippen molar-refractivity contribution in [3.8, 4) is 0 Å². The maximum absolute atomic E-state index is 11.8. The van der Waals surface area contributed by atoms with Gasteiger partial charge in [0, 0.05) is 27.3 Å². The Hall–Kier alpha value is -2.05. The van der Waals surface area contributed by atoms with Crippen molar-refractivity contribution in [2.75, 3.05) is 20.6 Å². The van der Waals surface area contributed by atoms with Crippen LogP contribution in [0.3, 0.4) is 0 Å². The fraction of sp³-hybridized carbons (Fsp3) is 0.583. The third-order valence-corrected chi connectivity index (χ3v) is 2.77. The van der Waals surface area contributed by atoms with Crippen LogP contribution in [0.1, 0.15) is 25.1 Å². The molecule has 0 saturated carbocycles. The molecule has 0 aliphatic rings. The van der Waals surface area contributed by atoms with E-state index in [2.05, 4.69) is 15.7 Å². The van der Waals surface area contributed by atoms with Crippen molar-refractivity contribution in [2.45, 2.75) is 19.4 Å². The second-order valence-corrected chi connectivity index (χ2v) is 4.46. The monoisotopic (exact) mass is 267 g/mol. The molecule has 7 heteroatoms. The van der Waals surface area contributed by atoms with Gasteiger partial charge in [0.1, 0.15) is 0 Å². The Morgan fingerprint density at radius 3 is 2.63 bits per heavy atom. The summed E-state index contributed by atoms with van der Waals surface area (Å²) in [6.45, 7) is 1.95. The molecule has 0 aliphatic carbocycles. The molecule has 0 aliphatic heterocycles. The largest absolute Gasteiger partial charge is 0.346 e. The maximum Gasteiger partial charge on any atom is 0.317 e. The van der Waals surface area contributed by atoms with Gasteiger partial charge in [-0.25, -0.2) is 4.79 Å². The van der Waals surface area contributed by atoms with Gasteiger partial charge in [0.15, 0.2) is 0 Å². The summed E-state index contributed by atoms with van der Waals surface area (Å²) in [5, 5.41) is 9.47. The number of amides is 3. The average Bonchev–Trinajstić information content (AvgIpc) is 2.79. The highest BCUT2D eigenvalue weighted by Gasteiger charge is 2.16. The van der Waals surface area contributed by atoms with E-state index in [0.717, 1.165) is 12.1 Å². The maximum atomic E-state index is 11.8. The minimum atomic E-state index is -0.288. The zero-order valence-corrected chi connectivity index (χ0v) is 11.8. The number of aromatic nitrogens is 2. The van der Waals surface area contributed by atoms with Crippen LogP contribution in [-0.4, -0.2) is 47.3 Å². The molecule has 1 atom stereocenters. The van der Waals surface area contributed by atoms with Crippen LogP contribution in [0, 0.1) is 0 Å². The molecule has 1 unspecified atom stereocenters. The van der Waals surface area contributed by atoms with Crippen LogP contribution in [0.4, 0.5) is 4.79 Å². The van der Waals surface area contributed by atoms with E-state index in [9.17, 15) is 9.59 Å². The molecule has 19 heavy (non-hydrogen) atoms. The van der Waals surface area contributed by atoms with Crippen LogP contribution in [-0.2, 0) is 11.8 Å². The van der Waals surface area contributed by atoms with Crippen LogP contribution in [0.15, 0.2) is 12.3 Å². The lowest BCUT2D eigenvalue weighted by molar-refractivity contribution is -0.120. The van der Waals surface area contributed by atoms with Gasteiger partial charge in [-0.15, -0.1) is 0 Å². The Morgan fingerprint density at radius 1 is 1.47 bits per heavy atom. The summed E-state index contributed by atoms with van der Waals surface area (Å²) in [7, 11) is 5.08. The number of rotatable bonds is 5. The first-order chi connectivity index (χ1) is 8.95. The molecule has 1 rings (SSSR count). The second-order valence-electron chi connectivity index (χ2n) is 4.46. The fourth-order valence-electron chi connectivity index (χ4n) is 1.67. The van der Waals surface area contributed by atoms with Gasteiger partial charge in [-0.3, -0.25) is 9.48 Å². The molecule has 0 saturated heterocycles. The Labute approximate surface area is 113 Å². The lowest BCUT2D eigenvalue weighted by atomic mass is 10.1. The van der Waals surface area contributed by atoms with E-state index in [1.54, 1.807) is 25.0 Å². The molecule has 7 nitrogen and oxygen atoms in total. The molecule has 106 valence electrons. The third-order valence-electron chi connectivity index (χ3n) is 2.77. The number of nitrogens with one attached hydrogen (secondary N) is 2. The quantitative estimate of drug-likeness (QED) is 0.803. The summed E-state index contributed by atoms with van der Waals surface area (Å²) < 4.78 is 1.73. The fourth-order valence-corrected chi connectivity index (χ4v) is 1.67. The first kappa shape index (κ1) is 15.0. The van der Waals surface area contributed by atoms with Crippen molar-refractivity contribution in [3.63, 3.8) is 0 Å². The average molecular weight is 267 g/mol. The van der Waals surface area contributed by atoms with Crippen molar-refractivity contribution in [1.82, 2.24) is 25.3 Å². The zero-order chi connectivity index (χ0) is 14.4. The molecule has 2 N–H and O–H groups in total. The van der Waals surface area contributed by atoms with Gasteiger partial charge in [0.25, 0.3) is 0 Å². The third kappa shape index (κ3) is 4.27. The molecule has 1 aromatic heterocycles. The predicted octanol–water partition coefficient (Wildman–Crippen LogP) is 0.259. The van der Waals surface area contributed by atoms with Crippen molar-refractivity contribution in [3.05, 3.63) is 18.0 Å². The number of urea groups is 1. The van der Waals surface area contributed by atoms with Crippen molar-refractivity contribution in [2.24, 2.45) is 7.05 Å². The van der Waals surface area contributed by atoms with E-state index in [-0.39, 0.29) is 24.5 Å². The van der Waals surface area contributed by atoms with E-state index in [4.69, 9.17) is 0 Å². The molecular weight excluding hydrogens is 246 g/mol. The first-order valence-electron chi connectivity index (χ1n) is 6.18. The van der Waals surface area contributed by atoms with Crippen molar-refractivity contribution < 1.29 is 9.59 Å². The van der Waals surface area contributed by atoms with E-state index < -0.39 is 0 Å². The van der Waals surface area contributed by atoms with Crippen LogP contribution in [0.25, 0.3) is 0 Å². The highest BCUT2D eigenvalue weighted by Crippen LogP contribution is 2.14. The number of aryl methyl sites for hydroxylation is 1. The molecule has 0 radical (unpaired) electrons. The summed E-state index contributed by atoms with van der Waals surface area (Å²) in [5.41, 5.74) is 0.940. The normalized spacial score (nSPS) is 11.8. The lowest BCUT2D eigenvalue weighted by Crippen LogP contribution is -2.42. The summed E-state index contributed by atoms with van der Waals surface area (Å²) in [6, 6.07) is 1.48. The predicted molar refractivity (Wildman–Crippen MR) is 71.5 cm³/mol. The Morgan fingerprint density at radius 2 is 2.16 bits per heavy atom. The first-order valence-corrected chi connectivity index (χ1v) is 6.18. The highest BCUT2D eigenvalue weighted by molar-refractivity contribution is 5.83. The van der Waals surface area contributed by atoms with Gasteiger partial charge in [-0.2, -0.15) is 5.10 Å². The zero-order valence-electron chi connectivity index (χ0n) is 11.8. The van der Waals surface area contributed by atoms with E-state index >= 15 is 0 Å². The summed E-state index contributed by atoms with van der Waals surface area (Å²) in [6.07, 6.45) is 2.45. The SMILES string of the molecule is CCC(NC(=O)CNC(=O)N(C)C)c1ccnn1C. The second kappa shape index (κ2) is 6.77. The summed E-state index contributed by atoms with van der Waals surface area (Å²) >= 11 is 0. The Balaban J connectivity index is 2.51. The summed E-state index contributed by atoms with van der Waals surface area (Å²) in [5.74, 6) is -0.219. The van der Waals surface area contributed by atoms with E-state index in [0.29, 0.717) is 0 Å². The number of carbonyl (C=O) groups is 2. The molecule has 0 fully saturated rings. The molecule has 0 spiro atoms. The van der Waals surface area contributed by atoms with Crippen molar-refractivity contribution >= 4 is 11.9 Å². The van der Waals surface area contributed by atoms with Gasteiger partial charge in [0.2, 0.25) is 5.91 Å². The number of nitrogens with zero attached hydrogens (tertiary/aromatic N) is 3. The van der Waals surface area contributed by atoms with Gasteiger partial charge in [-0.1, -0.05) is 6.92 Å². The molecule has 1 aromatic rings. The van der Waals surface area contributed by atoms with Gasteiger partial charge in [-0.05, 0) is 12.5 Å². The van der Waals surface area contributed by atoms with Crippen LogP contribution in [0.2, 0.25) is 0 Å². The van der Waals surface area contributed by atoms with Gasteiger partial charge in [0.05, 0.1) is 18.3 Å². The number of hydrogen-bond acceptors (Lipinski definition) is 3. The molecular formula is C12H21N5O2. The van der Waals surface area contributed by atoms with Crippen LogP contribution >= 0.6 is 0 Å². The minimum absolute atomic E-state index is 0.0363. The number of hydrogen-bond donors (Lipinski definition) is 2. The molecule has 1 heterocycles. The van der Waals surface area contributed by atoms with Gasteiger partial charge >= 0.3 is 6.03 Å². The lowest BCUT2D eigenvalue weighted by Gasteiger charge is -2.18. The van der Waals surface area contributed by atoms with Crippen LogP contribution in [0.5, 0.6) is 0 Å². The minimum Gasteiger partial charge on any atom is -0.346 e. The molecule has 0 aromatic carbocycles. The number of carbonyl (C=O) groups excluding carboxylic acids is 2. The van der Waals surface area contributed by atoms with Crippen molar-refractivity contribution in [1.29, 1.82) is 0 Å². The molecule has 3 amide bonds. The standard InChI is InChI=1S/C12H21N5O2/c1-5-9(10-6-7-14-17(10)4)15-11(18)8-13-12(19)16(2)3/h6-7,9H,5,8H2,1-4H3,(H,13,19)(H,15,18).